The zero-order chi connectivity index (χ0) is 25.3. The fourth-order valence-corrected chi connectivity index (χ4v) is 4.69. The number of amides is 2. The van der Waals surface area contributed by atoms with Gasteiger partial charge in [-0.15, -0.1) is 11.8 Å². The average Bonchev–Trinajstić information content (AvgIpc) is 3.21. The molecule has 3 aromatic carbocycles. The summed E-state index contributed by atoms with van der Waals surface area (Å²) in [5.41, 5.74) is 11.6. The van der Waals surface area contributed by atoms with Gasteiger partial charge in [0.05, 0.1) is 16.1 Å². The van der Waals surface area contributed by atoms with Crippen LogP contribution in [0.4, 0.5) is 9.18 Å². The third-order valence-electron chi connectivity index (χ3n) is 5.24. The first-order valence-electron chi connectivity index (χ1n) is 10.4. The van der Waals surface area contributed by atoms with E-state index in [4.69, 9.17) is 27.8 Å². The molecule has 0 atom stereocenters. The largest absolute Gasteiger partial charge is 0.421 e. The third-order valence-corrected chi connectivity index (χ3v) is 6.46. The van der Waals surface area contributed by atoms with Crippen molar-refractivity contribution in [3.05, 3.63) is 82.8 Å². The van der Waals surface area contributed by atoms with E-state index in [2.05, 4.69) is 0 Å². The lowest BCUT2D eigenvalue weighted by Gasteiger charge is -2.11. The number of esters is 1. The molecule has 0 fully saturated rings. The van der Waals surface area contributed by atoms with Crippen molar-refractivity contribution in [2.45, 2.75) is 11.8 Å². The zero-order valence-electron chi connectivity index (χ0n) is 18.4. The summed E-state index contributed by atoms with van der Waals surface area (Å²) >= 11 is 7.75. The Kier molecular flexibility index (Phi) is 6.81. The van der Waals surface area contributed by atoms with E-state index in [1.807, 2.05) is 6.92 Å². The summed E-state index contributed by atoms with van der Waals surface area (Å²) in [6.45, 7) is 1.95. The predicted octanol–water partition coefficient (Wildman–Crippen LogP) is 5.46. The molecule has 0 aliphatic heterocycles. The van der Waals surface area contributed by atoms with Crippen LogP contribution in [0, 0.1) is 5.82 Å². The van der Waals surface area contributed by atoms with Crippen molar-refractivity contribution in [1.29, 1.82) is 0 Å². The third kappa shape index (κ3) is 4.60. The highest BCUT2D eigenvalue weighted by atomic mass is 35.5. The molecule has 0 saturated carbocycles. The quantitative estimate of drug-likeness (QED) is 0.202. The van der Waals surface area contributed by atoms with Gasteiger partial charge in [0.2, 0.25) is 0 Å². The number of hydrogen-bond donors (Lipinski definition) is 2. The Morgan fingerprint density at radius 2 is 1.77 bits per heavy atom. The molecule has 4 rings (SSSR count). The van der Waals surface area contributed by atoms with Crippen LogP contribution in [-0.4, -0.2) is 28.2 Å². The molecule has 1 heterocycles. The summed E-state index contributed by atoms with van der Waals surface area (Å²) in [4.78, 5) is 37.4. The van der Waals surface area contributed by atoms with E-state index in [9.17, 15) is 18.8 Å². The van der Waals surface area contributed by atoms with E-state index in [1.165, 1.54) is 30.1 Å². The normalized spacial score (nSPS) is 10.9. The Bertz CT molecular complexity index is 1490. The van der Waals surface area contributed by atoms with Crippen LogP contribution in [0.25, 0.3) is 22.0 Å². The maximum atomic E-state index is 14.8. The second kappa shape index (κ2) is 9.81. The topological polar surface area (TPSA) is 117 Å². The fourth-order valence-electron chi connectivity index (χ4n) is 3.70. The van der Waals surface area contributed by atoms with Crippen LogP contribution < -0.4 is 16.2 Å². The highest BCUT2D eigenvalue weighted by Gasteiger charge is 2.24. The second-order valence-electron chi connectivity index (χ2n) is 7.41. The number of nitrogens with zero attached hydrogens (tertiary/aromatic N) is 1. The van der Waals surface area contributed by atoms with Crippen LogP contribution >= 0.6 is 23.4 Å². The lowest BCUT2D eigenvalue weighted by molar-refractivity contribution is 0.0736. The summed E-state index contributed by atoms with van der Waals surface area (Å²) in [7, 11) is 0. The lowest BCUT2D eigenvalue weighted by Crippen LogP contribution is -2.19. The highest BCUT2D eigenvalue weighted by molar-refractivity contribution is 7.99. The van der Waals surface area contributed by atoms with E-state index < -0.39 is 23.7 Å². The standard InChI is InChI=1S/C25H19ClFN3O4S/c1-2-35-14-10-17-18(15-8-9-16(23(28)31)21(27)20(15)26)12-30(25(29)33)22(17)19(11-14)34-24(32)13-6-4-3-5-7-13/h3-12H,2H2,1H3,(H2,28,31)(H2,29,33). The molecule has 0 saturated heterocycles. The summed E-state index contributed by atoms with van der Waals surface area (Å²) in [6.07, 6.45) is 1.39. The van der Waals surface area contributed by atoms with E-state index in [0.717, 1.165) is 9.46 Å². The van der Waals surface area contributed by atoms with Gasteiger partial charge in [-0.3, -0.25) is 9.36 Å². The molecule has 0 radical (unpaired) electrons. The molecule has 10 heteroatoms. The van der Waals surface area contributed by atoms with Crippen molar-refractivity contribution in [2.75, 3.05) is 5.75 Å². The first-order chi connectivity index (χ1) is 16.7. The van der Waals surface area contributed by atoms with Gasteiger partial charge in [-0.05, 0) is 36.1 Å². The number of hydrogen-bond acceptors (Lipinski definition) is 5. The van der Waals surface area contributed by atoms with Gasteiger partial charge in [-0.25, -0.2) is 14.0 Å². The van der Waals surface area contributed by atoms with Crippen molar-refractivity contribution in [1.82, 2.24) is 4.57 Å². The van der Waals surface area contributed by atoms with Crippen LogP contribution in [-0.2, 0) is 0 Å². The number of nitrogens with two attached hydrogens (primary N) is 2. The lowest BCUT2D eigenvalue weighted by atomic mass is 10.0. The van der Waals surface area contributed by atoms with E-state index in [1.54, 1.807) is 42.5 Å². The predicted molar refractivity (Wildman–Crippen MR) is 134 cm³/mol. The second-order valence-corrected chi connectivity index (χ2v) is 9.13. The number of benzene rings is 3. The first-order valence-corrected chi connectivity index (χ1v) is 11.8. The number of rotatable bonds is 6. The van der Waals surface area contributed by atoms with Crippen molar-refractivity contribution in [3.8, 4) is 16.9 Å². The van der Waals surface area contributed by atoms with Gasteiger partial charge in [0.15, 0.2) is 11.6 Å². The van der Waals surface area contributed by atoms with Crippen molar-refractivity contribution < 1.29 is 23.5 Å². The van der Waals surface area contributed by atoms with Gasteiger partial charge in [0, 0.05) is 27.6 Å². The number of fused-ring (bicyclic) bond motifs is 1. The summed E-state index contributed by atoms with van der Waals surface area (Å²) in [6, 6.07) is 13.6. The maximum absolute atomic E-state index is 14.8. The molecular formula is C25H19ClFN3O4S. The molecule has 0 aliphatic carbocycles. The fraction of sp³-hybridized carbons (Fsp3) is 0.0800. The number of primary amides is 2. The van der Waals surface area contributed by atoms with Crippen molar-refractivity contribution in [2.24, 2.45) is 11.5 Å². The van der Waals surface area contributed by atoms with Crippen molar-refractivity contribution in [3.63, 3.8) is 0 Å². The Balaban J connectivity index is 1.98. The van der Waals surface area contributed by atoms with Crippen LogP contribution in [0.1, 0.15) is 27.6 Å². The van der Waals surface area contributed by atoms with Crippen LogP contribution in [0.15, 0.2) is 65.7 Å². The zero-order valence-corrected chi connectivity index (χ0v) is 20.0. The number of thioether (sulfide) groups is 1. The van der Waals surface area contributed by atoms with Gasteiger partial charge in [-0.2, -0.15) is 0 Å². The summed E-state index contributed by atoms with van der Waals surface area (Å²) < 4.78 is 21.6. The molecule has 35 heavy (non-hydrogen) atoms. The molecule has 7 nitrogen and oxygen atoms in total. The van der Waals surface area contributed by atoms with E-state index in [-0.39, 0.29) is 27.4 Å². The molecule has 178 valence electrons. The molecule has 0 bridgehead atoms. The molecule has 0 unspecified atom stereocenters. The number of ether oxygens (including phenoxy) is 1. The van der Waals surface area contributed by atoms with E-state index >= 15 is 0 Å². The smallest absolute Gasteiger partial charge is 0.343 e. The van der Waals surface area contributed by atoms with Crippen molar-refractivity contribution >= 4 is 52.2 Å². The minimum atomic E-state index is -0.980. The maximum Gasteiger partial charge on any atom is 0.343 e. The van der Waals surface area contributed by atoms with Gasteiger partial charge < -0.3 is 16.2 Å². The van der Waals surface area contributed by atoms with Crippen LogP contribution in [0.5, 0.6) is 5.75 Å². The Labute approximate surface area is 208 Å². The monoisotopic (exact) mass is 511 g/mol. The van der Waals surface area contributed by atoms with Gasteiger partial charge in [-0.1, -0.05) is 42.8 Å². The van der Waals surface area contributed by atoms with Crippen LogP contribution in [0.3, 0.4) is 0 Å². The average molecular weight is 512 g/mol. The molecular weight excluding hydrogens is 493 g/mol. The minimum Gasteiger partial charge on any atom is -0.421 e. The highest BCUT2D eigenvalue weighted by Crippen LogP contribution is 2.42. The van der Waals surface area contributed by atoms with Gasteiger partial charge >= 0.3 is 12.0 Å². The number of carbonyl (C=O) groups excluding carboxylic acids is 3. The molecule has 1 aromatic heterocycles. The molecule has 4 N–H and O–H groups in total. The number of carbonyl (C=O) groups is 3. The molecule has 4 aromatic rings. The van der Waals surface area contributed by atoms with Crippen LogP contribution in [0.2, 0.25) is 5.02 Å². The molecule has 0 aliphatic rings. The van der Waals surface area contributed by atoms with E-state index in [0.29, 0.717) is 22.3 Å². The number of halogens is 2. The first kappa shape index (κ1) is 24.3. The molecule has 0 spiro atoms. The molecule has 2 amide bonds. The number of aromatic nitrogens is 1. The Morgan fingerprint density at radius 1 is 1.06 bits per heavy atom. The van der Waals surface area contributed by atoms with Gasteiger partial charge in [0.25, 0.3) is 5.91 Å². The SMILES string of the molecule is CCSc1cc(OC(=O)c2ccccc2)c2c(c1)c(-c1ccc(C(N)=O)c(F)c1Cl)cn2C(N)=O. The Morgan fingerprint density at radius 3 is 2.40 bits per heavy atom. The summed E-state index contributed by atoms with van der Waals surface area (Å²) in [5.74, 6) is -1.76. The van der Waals surface area contributed by atoms with Gasteiger partial charge in [0.1, 0.15) is 5.52 Å². The Hall–Kier alpha value is -3.82. The minimum absolute atomic E-state index is 0.0997. The summed E-state index contributed by atoms with van der Waals surface area (Å²) in [5, 5.41) is 0.104.